The first kappa shape index (κ1) is 17.1. The minimum absolute atomic E-state index is 0.181. The van der Waals surface area contributed by atoms with Crippen LogP contribution in [-0.4, -0.2) is 40.8 Å². The molecule has 0 aromatic carbocycles. The summed E-state index contributed by atoms with van der Waals surface area (Å²) >= 11 is 0. The average molecular weight is 376 g/mol. The van der Waals surface area contributed by atoms with Crippen LogP contribution in [0.3, 0.4) is 0 Å². The average Bonchev–Trinajstić information content (AvgIpc) is 3.32. The van der Waals surface area contributed by atoms with Gasteiger partial charge in [0.2, 0.25) is 0 Å². The largest absolute Gasteiger partial charge is 0.384 e. The van der Waals surface area contributed by atoms with Crippen LogP contribution in [0.5, 0.6) is 0 Å². The van der Waals surface area contributed by atoms with Crippen LogP contribution in [-0.2, 0) is 0 Å². The SMILES string of the molecule is Cc1nc(N)cc(-n2nc(C(=O)Nc3cccnc3)cc2Nc2ccn[nH]2)n1. The van der Waals surface area contributed by atoms with E-state index in [0.29, 0.717) is 34.8 Å². The molecule has 4 rings (SSSR count). The van der Waals surface area contributed by atoms with E-state index in [9.17, 15) is 4.79 Å². The van der Waals surface area contributed by atoms with E-state index in [4.69, 9.17) is 5.73 Å². The highest BCUT2D eigenvalue weighted by Gasteiger charge is 2.18. The molecule has 0 aliphatic rings. The predicted molar refractivity (Wildman–Crippen MR) is 102 cm³/mol. The maximum atomic E-state index is 12.6. The molecule has 0 spiro atoms. The minimum Gasteiger partial charge on any atom is -0.384 e. The number of carbonyl (C=O) groups is 1. The highest BCUT2D eigenvalue weighted by molar-refractivity contribution is 6.03. The highest BCUT2D eigenvalue weighted by atomic mass is 16.2. The molecule has 0 radical (unpaired) electrons. The maximum absolute atomic E-state index is 12.6. The fourth-order valence-corrected chi connectivity index (χ4v) is 2.53. The number of carbonyl (C=O) groups excluding carboxylic acids is 1. The molecular weight excluding hydrogens is 360 g/mol. The summed E-state index contributed by atoms with van der Waals surface area (Å²) in [5.41, 5.74) is 6.58. The molecule has 1 amide bonds. The van der Waals surface area contributed by atoms with E-state index in [1.165, 1.54) is 4.68 Å². The number of aromatic amines is 1. The number of nitrogens with one attached hydrogen (secondary N) is 3. The molecule has 140 valence electrons. The number of nitrogens with zero attached hydrogens (tertiary/aromatic N) is 6. The number of hydrogen-bond donors (Lipinski definition) is 4. The summed E-state index contributed by atoms with van der Waals surface area (Å²) < 4.78 is 1.48. The van der Waals surface area contributed by atoms with Gasteiger partial charge in [-0.15, -0.1) is 0 Å². The molecule has 11 heteroatoms. The van der Waals surface area contributed by atoms with Gasteiger partial charge in [-0.2, -0.15) is 14.9 Å². The zero-order valence-corrected chi connectivity index (χ0v) is 14.8. The second kappa shape index (κ2) is 7.15. The third-order valence-electron chi connectivity index (χ3n) is 3.69. The molecule has 4 aromatic rings. The smallest absolute Gasteiger partial charge is 0.276 e. The minimum atomic E-state index is -0.391. The van der Waals surface area contributed by atoms with E-state index >= 15 is 0 Å². The molecule has 0 fully saturated rings. The summed E-state index contributed by atoms with van der Waals surface area (Å²) in [6.07, 6.45) is 4.78. The Kier molecular flexibility index (Phi) is 4.38. The van der Waals surface area contributed by atoms with E-state index in [0.717, 1.165) is 0 Å². The summed E-state index contributed by atoms with van der Waals surface area (Å²) in [6.45, 7) is 1.72. The van der Waals surface area contributed by atoms with E-state index < -0.39 is 5.91 Å². The van der Waals surface area contributed by atoms with Gasteiger partial charge in [0.15, 0.2) is 11.5 Å². The molecule has 4 heterocycles. The third kappa shape index (κ3) is 3.62. The number of hydrogen-bond acceptors (Lipinski definition) is 8. The summed E-state index contributed by atoms with van der Waals surface area (Å²) in [5.74, 6) is 1.94. The number of nitrogen functional groups attached to an aromatic ring is 1. The van der Waals surface area contributed by atoms with Crippen LogP contribution < -0.4 is 16.4 Å². The van der Waals surface area contributed by atoms with Crippen molar-refractivity contribution < 1.29 is 4.79 Å². The Balaban J connectivity index is 1.72. The number of nitrogens with two attached hydrogens (primary N) is 1. The number of pyridine rings is 1. The summed E-state index contributed by atoms with van der Waals surface area (Å²) in [6, 6.07) is 8.37. The van der Waals surface area contributed by atoms with Gasteiger partial charge >= 0.3 is 0 Å². The van der Waals surface area contributed by atoms with Crippen molar-refractivity contribution in [3.05, 3.63) is 60.4 Å². The molecule has 4 aromatic heterocycles. The van der Waals surface area contributed by atoms with Gasteiger partial charge in [0.1, 0.15) is 23.3 Å². The fourth-order valence-electron chi connectivity index (χ4n) is 2.53. The molecule has 0 bridgehead atoms. The van der Waals surface area contributed by atoms with Crippen molar-refractivity contribution in [1.82, 2.24) is 34.9 Å². The lowest BCUT2D eigenvalue weighted by Crippen LogP contribution is -2.13. The second-order valence-corrected chi connectivity index (χ2v) is 5.82. The van der Waals surface area contributed by atoms with Crippen molar-refractivity contribution in [1.29, 1.82) is 0 Å². The van der Waals surface area contributed by atoms with Crippen LogP contribution in [0.15, 0.2) is 48.9 Å². The van der Waals surface area contributed by atoms with Crippen LogP contribution in [0, 0.1) is 6.92 Å². The van der Waals surface area contributed by atoms with Crippen LogP contribution in [0.2, 0.25) is 0 Å². The molecule has 11 nitrogen and oxygen atoms in total. The maximum Gasteiger partial charge on any atom is 0.276 e. The first-order valence-corrected chi connectivity index (χ1v) is 8.28. The lowest BCUT2D eigenvalue weighted by atomic mass is 10.3. The third-order valence-corrected chi connectivity index (χ3v) is 3.69. The number of aromatic nitrogens is 7. The first-order chi connectivity index (χ1) is 13.6. The Labute approximate surface area is 159 Å². The Morgan fingerprint density at radius 1 is 1.21 bits per heavy atom. The molecule has 0 saturated carbocycles. The Morgan fingerprint density at radius 3 is 2.82 bits per heavy atom. The fraction of sp³-hybridized carbons (Fsp3) is 0.0588. The van der Waals surface area contributed by atoms with Gasteiger partial charge in [-0.25, -0.2) is 9.97 Å². The summed E-state index contributed by atoms with van der Waals surface area (Å²) in [7, 11) is 0. The zero-order chi connectivity index (χ0) is 19.5. The standard InChI is InChI=1S/C17H16N10O/c1-10-21-13(18)8-16(22-10)27-15(24-14-4-6-20-25-14)7-12(26-27)17(28)23-11-3-2-5-19-9-11/h2-9H,1H3,(H,23,28)(H2,18,21,22)(H2,20,24,25). The first-order valence-electron chi connectivity index (χ1n) is 8.28. The number of anilines is 4. The number of amides is 1. The number of H-pyrrole nitrogens is 1. The van der Waals surface area contributed by atoms with Crippen LogP contribution in [0.4, 0.5) is 23.1 Å². The van der Waals surface area contributed by atoms with Crippen LogP contribution in [0.25, 0.3) is 5.82 Å². The summed E-state index contributed by atoms with van der Waals surface area (Å²) in [4.78, 5) is 25.0. The molecule has 0 saturated heterocycles. The normalized spacial score (nSPS) is 10.6. The van der Waals surface area contributed by atoms with Crippen molar-refractivity contribution in [2.75, 3.05) is 16.4 Å². The van der Waals surface area contributed by atoms with Gasteiger partial charge in [0.25, 0.3) is 5.91 Å². The van der Waals surface area contributed by atoms with Gasteiger partial charge in [-0.3, -0.25) is 14.9 Å². The van der Waals surface area contributed by atoms with Crippen LogP contribution >= 0.6 is 0 Å². The summed E-state index contributed by atoms with van der Waals surface area (Å²) in [5, 5.41) is 16.9. The number of aryl methyl sites for hydroxylation is 1. The Bertz CT molecular complexity index is 1080. The molecule has 28 heavy (non-hydrogen) atoms. The van der Waals surface area contributed by atoms with Crippen LogP contribution in [0.1, 0.15) is 16.3 Å². The molecule has 0 atom stereocenters. The van der Waals surface area contributed by atoms with Gasteiger partial charge < -0.3 is 16.4 Å². The van der Waals surface area contributed by atoms with Gasteiger partial charge in [-0.1, -0.05) is 0 Å². The quantitative estimate of drug-likeness (QED) is 0.410. The Hall–Kier alpha value is -4.28. The van der Waals surface area contributed by atoms with E-state index in [1.54, 1.807) is 55.8 Å². The van der Waals surface area contributed by atoms with Crippen molar-refractivity contribution in [3.8, 4) is 5.82 Å². The lowest BCUT2D eigenvalue weighted by molar-refractivity contribution is 0.102. The molecule has 5 N–H and O–H groups in total. The van der Waals surface area contributed by atoms with Gasteiger partial charge in [0.05, 0.1) is 18.1 Å². The molecular formula is C17H16N10O. The topological polar surface area (TPSA) is 152 Å². The van der Waals surface area contributed by atoms with Crippen molar-refractivity contribution in [2.24, 2.45) is 0 Å². The van der Waals surface area contributed by atoms with E-state index in [-0.39, 0.29) is 5.69 Å². The van der Waals surface area contributed by atoms with E-state index in [1.807, 2.05) is 0 Å². The van der Waals surface area contributed by atoms with Gasteiger partial charge in [0, 0.05) is 24.4 Å². The zero-order valence-electron chi connectivity index (χ0n) is 14.8. The second-order valence-electron chi connectivity index (χ2n) is 5.82. The monoisotopic (exact) mass is 376 g/mol. The van der Waals surface area contributed by atoms with E-state index in [2.05, 4.69) is 40.9 Å². The lowest BCUT2D eigenvalue weighted by Gasteiger charge is -2.08. The predicted octanol–water partition coefficient (Wildman–Crippen LogP) is 1.67. The number of rotatable bonds is 5. The molecule has 0 unspecified atom stereocenters. The van der Waals surface area contributed by atoms with Gasteiger partial charge in [-0.05, 0) is 19.1 Å². The molecule has 0 aliphatic carbocycles. The highest BCUT2D eigenvalue weighted by Crippen LogP contribution is 2.21. The Morgan fingerprint density at radius 2 is 2.11 bits per heavy atom. The van der Waals surface area contributed by atoms with Crippen molar-refractivity contribution in [2.45, 2.75) is 6.92 Å². The van der Waals surface area contributed by atoms with Crippen molar-refractivity contribution in [3.63, 3.8) is 0 Å². The molecule has 0 aliphatic heterocycles. The van der Waals surface area contributed by atoms with Crippen molar-refractivity contribution >= 4 is 29.0 Å².